The van der Waals surface area contributed by atoms with Gasteiger partial charge in [-0.25, -0.2) is 4.68 Å². The van der Waals surface area contributed by atoms with Gasteiger partial charge in [-0.15, -0.1) is 0 Å². The van der Waals surface area contributed by atoms with Crippen LogP contribution in [0.1, 0.15) is 44.8 Å². The zero-order chi connectivity index (χ0) is 23.6. The summed E-state index contributed by atoms with van der Waals surface area (Å²) in [6.45, 7) is 1.37. The van der Waals surface area contributed by atoms with Crippen LogP contribution in [0.4, 0.5) is 13.2 Å². The van der Waals surface area contributed by atoms with E-state index in [1.54, 1.807) is 29.2 Å². The van der Waals surface area contributed by atoms with Gasteiger partial charge in [-0.05, 0) is 48.7 Å². The minimum atomic E-state index is -4.83. The van der Waals surface area contributed by atoms with Crippen molar-refractivity contribution in [3.8, 4) is 5.69 Å². The fourth-order valence-corrected chi connectivity index (χ4v) is 3.97. The van der Waals surface area contributed by atoms with Gasteiger partial charge in [-0.3, -0.25) is 9.59 Å². The van der Waals surface area contributed by atoms with Crippen LogP contribution < -0.4 is 5.32 Å². The van der Waals surface area contributed by atoms with Gasteiger partial charge < -0.3 is 10.2 Å². The van der Waals surface area contributed by atoms with Crippen LogP contribution in [-0.4, -0.2) is 39.6 Å². The van der Waals surface area contributed by atoms with Gasteiger partial charge in [0.25, 0.3) is 11.8 Å². The number of nitrogens with zero attached hydrogens (tertiary/aromatic N) is 3. The molecule has 1 saturated heterocycles. The summed E-state index contributed by atoms with van der Waals surface area (Å²) in [6.07, 6.45) is -2.02. The first-order valence-corrected chi connectivity index (χ1v) is 10.7. The Bertz CT molecular complexity index is 1190. The molecule has 2 amide bonds. The smallest absolute Gasteiger partial charge is 0.348 e. The molecule has 2 heterocycles. The van der Waals surface area contributed by atoms with Crippen molar-refractivity contribution in [2.75, 3.05) is 13.1 Å². The number of aromatic nitrogens is 2. The fourth-order valence-electron chi connectivity index (χ4n) is 3.79. The number of hydrogen-bond donors (Lipinski definition) is 1. The molecule has 0 atom stereocenters. The summed E-state index contributed by atoms with van der Waals surface area (Å²) >= 11 is 5.90. The molecule has 172 valence electrons. The third-order valence-electron chi connectivity index (χ3n) is 5.36. The maximum atomic E-state index is 13.8. The van der Waals surface area contributed by atoms with Crippen LogP contribution in [0.3, 0.4) is 0 Å². The van der Waals surface area contributed by atoms with Gasteiger partial charge in [0.1, 0.15) is 0 Å². The maximum absolute atomic E-state index is 13.8. The highest BCUT2D eigenvalue weighted by Crippen LogP contribution is 2.34. The van der Waals surface area contributed by atoms with Crippen LogP contribution in [0.2, 0.25) is 5.02 Å². The molecule has 3 aromatic rings. The lowest BCUT2D eigenvalue weighted by atomic mass is 10.1. The first-order chi connectivity index (χ1) is 15.7. The number of carbonyl (C=O) groups excluding carboxylic acids is 2. The molecule has 0 spiro atoms. The highest BCUT2D eigenvalue weighted by molar-refractivity contribution is 6.30. The number of amides is 2. The van der Waals surface area contributed by atoms with Crippen LogP contribution in [0.5, 0.6) is 0 Å². The summed E-state index contributed by atoms with van der Waals surface area (Å²) in [5, 5.41) is 6.52. The second kappa shape index (κ2) is 9.27. The summed E-state index contributed by atoms with van der Waals surface area (Å²) in [6, 6.07) is 12.5. The zero-order valence-corrected chi connectivity index (χ0v) is 18.2. The Balaban J connectivity index is 1.54. The summed E-state index contributed by atoms with van der Waals surface area (Å²) in [4.78, 5) is 27.0. The molecule has 0 unspecified atom stereocenters. The number of carbonyl (C=O) groups is 2. The predicted molar refractivity (Wildman–Crippen MR) is 116 cm³/mol. The van der Waals surface area contributed by atoms with Crippen molar-refractivity contribution >= 4 is 23.4 Å². The lowest BCUT2D eigenvalue weighted by Gasteiger charge is -2.16. The van der Waals surface area contributed by atoms with Gasteiger partial charge >= 0.3 is 6.18 Å². The molecule has 1 fully saturated rings. The molecular formula is C23H20ClF3N4O2. The second-order valence-electron chi connectivity index (χ2n) is 7.68. The van der Waals surface area contributed by atoms with E-state index in [-0.39, 0.29) is 23.2 Å². The molecular weight excluding hydrogens is 457 g/mol. The minimum Gasteiger partial charge on any atom is -0.348 e. The van der Waals surface area contributed by atoms with E-state index < -0.39 is 23.3 Å². The average Bonchev–Trinajstić information content (AvgIpc) is 3.47. The van der Waals surface area contributed by atoms with Crippen LogP contribution in [0.15, 0.2) is 54.7 Å². The molecule has 0 radical (unpaired) electrons. The van der Waals surface area contributed by atoms with Gasteiger partial charge in [0.2, 0.25) is 0 Å². The third-order valence-corrected chi connectivity index (χ3v) is 5.59. The molecule has 0 bridgehead atoms. The molecule has 10 heteroatoms. The van der Waals surface area contributed by atoms with E-state index in [0.29, 0.717) is 28.9 Å². The molecule has 1 N–H and O–H groups in total. The van der Waals surface area contributed by atoms with Crippen molar-refractivity contribution in [1.29, 1.82) is 0 Å². The van der Waals surface area contributed by atoms with Crippen molar-refractivity contribution < 1.29 is 22.8 Å². The number of alkyl halides is 3. The van der Waals surface area contributed by atoms with Crippen LogP contribution in [0, 0.1) is 0 Å². The summed E-state index contributed by atoms with van der Waals surface area (Å²) in [5.74, 6) is -1.02. The summed E-state index contributed by atoms with van der Waals surface area (Å²) < 4.78 is 42.1. The van der Waals surface area contributed by atoms with Gasteiger partial charge in [-0.1, -0.05) is 29.8 Å². The van der Waals surface area contributed by atoms with E-state index in [4.69, 9.17) is 11.6 Å². The molecule has 1 aromatic heterocycles. The molecule has 0 aliphatic carbocycles. The third kappa shape index (κ3) is 5.03. The lowest BCUT2D eigenvalue weighted by Crippen LogP contribution is -2.28. The normalized spacial score (nSPS) is 13.9. The Morgan fingerprint density at radius 2 is 1.79 bits per heavy atom. The first kappa shape index (κ1) is 22.8. The van der Waals surface area contributed by atoms with Crippen LogP contribution in [-0.2, 0) is 12.7 Å². The van der Waals surface area contributed by atoms with E-state index >= 15 is 0 Å². The predicted octanol–water partition coefficient (Wildman–Crippen LogP) is 4.71. The Morgan fingerprint density at radius 3 is 2.48 bits per heavy atom. The topological polar surface area (TPSA) is 67.2 Å². The molecule has 4 rings (SSSR count). The monoisotopic (exact) mass is 476 g/mol. The van der Waals surface area contributed by atoms with E-state index in [0.717, 1.165) is 19.0 Å². The Kier molecular flexibility index (Phi) is 6.42. The van der Waals surface area contributed by atoms with Crippen molar-refractivity contribution in [3.63, 3.8) is 0 Å². The van der Waals surface area contributed by atoms with E-state index in [9.17, 15) is 22.8 Å². The number of benzene rings is 2. The average molecular weight is 477 g/mol. The Hall–Kier alpha value is -3.33. The van der Waals surface area contributed by atoms with Crippen molar-refractivity contribution in [3.05, 3.63) is 82.1 Å². The van der Waals surface area contributed by atoms with Crippen LogP contribution >= 0.6 is 11.6 Å². The fraction of sp³-hybridized carbons (Fsp3) is 0.261. The van der Waals surface area contributed by atoms with E-state index in [2.05, 4.69) is 10.4 Å². The summed E-state index contributed by atoms with van der Waals surface area (Å²) in [7, 11) is 0. The molecule has 6 nitrogen and oxygen atoms in total. The lowest BCUT2D eigenvalue weighted by molar-refractivity contribution is -0.143. The summed E-state index contributed by atoms with van der Waals surface area (Å²) in [5.41, 5.74) is -0.633. The Labute approximate surface area is 192 Å². The number of hydrogen-bond acceptors (Lipinski definition) is 3. The quantitative estimate of drug-likeness (QED) is 0.580. The van der Waals surface area contributed by atoms with Crippen molar-refractivity contribution in [2.45, 2.75) is 25.6 Å². The number of nitrogens with one attached hydrogen (secondary N) is 1. The van der Waals surface area contributed by atoms with Gasteiger partial charge in [-0.2, -0.15) is 18.3 Å². The number of likely N-dealkylation sites (tertiary alicyclic amines) is 1. The second-order valence-corrected chi connectivity index (χ2v) is 8.12. The standard InChI is InChI=1S/C23H20ClF3N4O2/c24-17-7-4-8-18(12-17)31-20(23(25,26)27)19(14-29-31)21(32)28-13-15-5-3-6-16(11-15)22(33)30-9-1-2-10-30/h3-8,11-12,14H,1-2,9-10,13H2,(H,28,32). The maximum Gasteiger partial charge on any atom is 0.434 e. The van der Waals surface area contributed by atoms with E-state index in [1.807, 2.05) is 0 Å². The highest BCUT2D eigenvalue weighted by Gasteiger charge is 2.40. The molecule has 1 aliphatic heterocycles. The minimum absolute atomic E-state index is 0.0421. The van der Waals surface area contributed by atoms with Gasteiger partial charge in [0, 0.05) is 30.2 Å². The molecule has 0 saturated carbocycles. The van der Waals surface area contributed by atoms with Crippen LogP contribution in [0.25, 0.3) is 5.69 Å². The molecule has 1 aliphatic rings. The zero-order valence-electron chi connectivity index (χ0n) is 17.4. The largest absolute Gasteiger partial charge is 0.434 e. The van der Waals surface area contributed by atoms with Crippen molar-refractivity contribution in [1.82, 2.24) is 20.0 Å². The number of halogens is 4. The molecule has 33 heavy (non-hydrogen) atoms. The SMILES string of the molecule is O=C(NCc1cccc(C(=O)N2CCCC2)c1)c1cnn(-c2cccc(Cl)c2)c1C(F)(F)F. The molecule has 2 aromatic carbocycles. The van der Waals surface area contributed by atoms with Gasteiger partial charge in [0.15, 0.2) is 5.69 Å². The Morgan fingerprint density at radius 1 is 1.06 bits per heavy atom. The number of rotatable bonds is 5. The van der Waals surface area contributed by atoms with E-state index in [1.165, 1.54) is 24.3 Å². The first-order valence-electron chi connectivity index (χ1n) is 10.3. The van der Waals surface area contributed by atoms with Crippen molar-refractivity contribution in [2.24, 2.45) is 0 Å². The highest BCUT2D eigenvalue weighted by atomic mass is 35.5. The van der Waals surface area contributed by atoms with Gasteiger partial charge in [0.05, 0.1) is 17.4 Å².